The van der Waals surface area contributed by atoms with Crippen LogP contribution in [0.15, 0.2) is 29.1 Å². The van der Waals surface area contributed by atoms with Gasteiger partial charge in [0.05, 0.1) is 5.02 Å². The monoisotopic (exact) mass is 281 g/mol. The van der Waals surface area contributed by atoms with E-state index in [1.165, 1.54) is 6.39 Å². The van der Waals surface area contributed by atoms with Gasteiger partial charge in [0.1, 0.15) is 5.75 Å². The lowest BCUT2D eigenvalue weighted by Crippen LogP contribution is -2.21. The number of halogens is 1. The van der Waals surface area contributed by atoms with E-state index in [4.69, 9.17) is 22.1 Å². The maximum atomic E-state index is 6.17. The smallest absolute Gasteiger partial charge is 0.213 e. The summed E-state index contributed by atoms with van der Waals surface area (Å²) >= 11 is 6.17. The van der Waals surface area contributed by atoms with E-state index >= 15 is 0 Å². The molecule has 2 aromatic rings. The maximum absolute atomic E-state index is 6.17. The van der Waals surface area contributed by atoms with Crippen LogP contribution in [0.5, 0.6) is 5.75 Å². The Morgan fingerprint density at radius 3 is 2.95 bits per heavy atom. The number of hydrogen-bond donors (Lipinski definition) is 1. The zero-order valence-corrected chi connectivity index (χ0v) is 11.4. The fourth-order valence-corrected chi connectivity index (χ4v) is 1.89. The second-order valence-electron chi connectivity index (χ2n) is 4.27. The molecule has 1 unspecified atom stereocenters. The van der Waals surface area contributed by atoms with Crippen LogP contribution >= 0.6 is 11.6 Å². The van der Waals surface area contributed by atoms with E-state index in [1.807, 2.05) is 18.2 Å². The van der Waals surface area contributed by atoms with Gasteiger partial charge in [0.15, 0.2) is 6.61 Å². The molecule has 2 rings (SSSR count). The SMILES string of the molecule is CCC(N)Cc1ccc(OCc2ncon2)c(Cl)c1. The van der Waals surface area contributed by atoms with Gasteiger partial charge in [-0.05, 0) is 30.5 Å². The van der Waals surface area contributed by atoms with Crippen molar-refractivity contribution >= 4 is 11.6 Å². The fraction of sp³-hybridized carbons (Fsp3) is 0.385. The average molecular weight is 282 g/mol. The molecule has 1 aromatic carbocycles. The van der Waals surface area contributed by atoms with Gasteiger partial charge in [-0.2, -0.15) is 4.98 Å². The minimum absolute atomic E-state index is 0.155. The van der Waals surface area contributed by atoms with Crippen LogP contribution in [0.3, 0.4) is 0 Å². The Morgan fingerprint density at radius 2 is 2.32 bits per heavy atom. The van der Waals surface area contributed by atoms with E-state index in [0.29, 0.717) is 16.6 Å². The molecular weight excluding hydrogens is 266 g/mol. The summed E-state index contributed by atoms with van der Waals surface area (Å²) in [5.74, 6) is 1.08. The number of nitrogens with two attached hydrogens (primary N) is 1. The first-order valence-electron chi connectivity index (χ1n) is 6.11. The van der Waals surface area contributed by atoms with Gasteiger partial charge in [-0.1, -0.05) is 29.7 Å². The van der Waals surface area contributed by atoms with Gasteiger partial charge in [0.25, 0.3) is 0 Å². The summed E-state index contributed by atoms with van der Waals surface area (Å²) in [6, 6.07) is 5.83. The number of aromatic nitrogens is 2. The Labute approximate surface area is 116 Å². The van der Waals surface area contributed by atoms with E-state index in [1.54, 1.807) is 0 Å². The summed E-state index contributed by atoms with van der Waals surface area (Å²) in [6.07, 6.45) is 3.00. The molecule has 0 aliphatic heterocycles. The second kappa shape index (κ2) is 6.54. The third kappa shape index (κ3) is 3.94. The maximum Gasteiger partial charge on any atom is 0.213 e. The summed E-state index contributed by atoms with van der Waals surface area (Å²) in [5.41, 5.74) is 7.02. The van der Waals surface area contributed by atoms with Crippen molar-refractivity contribution in [1.29, 1.82) is 0 Å². The molecule has 0 fully saturated rings. The highest BCUT2D eigenvalue weighted by atomic mass is 35.5. The number of ether oxygens (including phenoxy) is 1. The van der Waals surface area contributed by atoms with Crippen LogP contribution in [0.2, 0.25) is 5.02 Å². The van der Waals surface area contributed by atoms with Crippen molar-refractivity contribution in [2.75, 3.05) is 0 Å². The molecule has 1 heterocycles. The lowest BCUT2D eigenvalue weighted by Gasteiger charge is -2.11. The van der Waals surface area contributed by atoms with Gasteiger partial charge in [-0.15, -0.1) is 0 Å². The number of nitrogens with zero attached hydrogens (tertiary/aromatic N) is 2. The Kier molecular flexibility index (Phi) is 4.76. The van der Waals surface area contributed by atoms with Crippen molar-refractivity contribution in [3.8, 4) is 5.75 Å². The number of benzene rings is 1. The molecule has 0 bridgehead atoms. The van der Waals surface area contributed by atoms with Crippen LogP contribution in [-0.4, -0.2) is 16.2 Å². The average Bonchev–Trinajstić information content (AvgIpc) is 2.91. The highest BCUT2D eigenvalue weighted by Gasteiger charge is 2.07. The van der Waals surface area contributed by atoms with Crippen LogP contribution in [0.1, 0.15) is 24.7 Å². The molecule has 1 atom stereocenters. The first-order valence-corrected chi connectivity index (χ1v) is 6.49. The van der Waals surface area contributed by atoms with Crippen molar-refractivity contribution < 1.29 is 9.26 Å². The van der Waals surface area contributed by atoms with Crippen LogP contribution in [-0.2, 0) is 13.0 Å². The molecule has 1 aromatic heterocycles. The van der Waals surface area contributed by atoms with Gasteiger partial charge in [0, 0.05) is 6.04 Å². The van der Waals surface area contributed by atoms with Crippen molar-refractivity contribution in [2.45, 2.75) is 32.4 Å². The lowest BCUT2D eigenvalue weighted by atomic mass is 10.0. The summed E-state index contributed by atoms with van der Waals surface area (Å²) < 4.78 is 10.1. The van der Waals surface area contributed by atoms with Gasteiger partial charge in [-0.25, -0.2) is 0 Å². The van der Waals surface area contributed by atoms with E-state index < -0.39 is 0 Å². The predicted molar refractivity (Wildman–Crippen MR) is 72.1 cm³/mol. The number of hydrogen-bond acceptors (Lipinski definition) is 5. The fourth-order valence-electron chi connectivity index (χ4n) is 1.63. The molecule has 0 aliphatic carbocycles. The van der Waals surface area contributed by atoms with E-state index in [-0.39, 0.29) is 12.6 Å². The van der Waals surface area contributed by atoms with Crippen molar-refractivity contribution in [2.24, 2.45) is 5.73 Å². The largest absolute Gasteiger partial charge is 0.484 e. The van der Waals surface area contributed by atoms with Gasteiger partial charge >= 0.3 is 0 Å². The highest BCUT2D eigenvalue weighted by Crippen LogP contribution is 2.26. The van der Waals surface area contributed by atoms with E-state index in [0.717, 1.165) is 18.4 Å². The van der Waals surface area contributed by atoms with E-state index in [9.17, 15) is 0 Å². The molecule has 5 nitrogen and oxygen atoms in total. The summed E-state index contributed by atoms with van der Waals surface area (Å²) in [5, 5.41) is 4.22. The summed E-state index contributed by atoms with van der Waals surface area (Å²) in [6.45, 7) is 2.29. The van der Waals surface area contributed by atoms with Gasteiger partial charge in [0.2, 0.25) is 12.2 Å². The molecule has 102 valence electrons. The zero-order valence-electron chi connectivity index (χ0n) is 10.7. The normalized spacial score (nSPS) is 12.4. The highest BCUT2D eigenvalue weighted by molar-refractivity contribution is 6.32. The topological polar surface area (TPSA) is 74.2 Å². The van der Waals surface area contributed by atoms with Crippen LogP contribution in [0, 0.1) is 0 Å². The molecule has 0 saturated carbocycles. The van der Waals surface area contributed by atoms with Crippen LogP contribution in [0.4, 0.5) is 0 Å². The minimum atomic E-state index is 0.155. The van der Waals surface area contributed by atoms with Crippen LogP contribution < -0.4 is 10.5 Å². The second-order valence-corrected chi connectivity index (χ2v) is 4.68. The van der Waals surface area contributed by atoms with Gasteiger partial charge < -0.3 is 15.0 Å². The van der Waals surface area contributed by atoms with Crippen LogP contribution in [0.25, 0.3) is 0 Å². The summed E-state index contributed by atoms with van der Waals surface area (Å²) in [7, 11) is 0. The number of rotatable bonds is 6. The molecule has 19 heavy (non-hydrogen) atoms. The van der Waals surface area contributed by atoms with E-state index in [2.05, 4.69) is 21.6 Å². The Bertz CT molecular complexity index is 517. The van der Waals surface area contributed by atoms with Crippen molar-refractivity contribution in [1.82, 2.24) is 10.1 Å². The molecule has 0 spiro atoms. The molecule has 6 heteroatoms. The molecule has 2 N–H and O–H groups in total. The lowest BCUT2D eigenvalue weighted by molar-refractivity contribution is 0.286. The Balaban J connectivity index is 1.98. The Hall–Kier alpha value is -1.59. The third-order valence-electron chi connectivity index (χ3n) is 2.78. The molecular formula is C13H16ClN3O2. The molecule has 0 saturated heterocycles. The summed E-state index contributed by atoms with van der Waals surface area (Å²) in [4.78, 5) is 3.87. The van der Waals surface area contributed by atoms with Crippen molar-refractivity contribution in [3.63, 3.8) is 0 Å². The van der Waals surface area contributed by atoms with Gasteiger partial charge in [-0.3, -0.25) is 0 Å². The molecule has 0 aliphatic rings. The standard InChI is InChI=1S/C13H16ClN3O2/c1-2-10(15)5-9-3-4-12(11(14)6-9)18-7-13-16-8-19-17-13/h3-4,6,8,10H,2,5,7,15H2,1H3. The first kappa shape index (κ1) is 13.8. The molecule has 0 radical (unpaired) electrons. The Morgan fingerprint density at radius 1 is 1.47 bits per heavy atom. The minimum Gasteiger partial charge on any atom is -0.484 e. The zero-order chi connectivity index (χ0) is 13.7. The van der Waals surface area contributed by atoms with Crippen molar-refractivity contribution in [3.05, 3.63) is 41.0 Å². The quantitative estimate of drug-likeness (QED) is 0.881. The first-order chi connectivity index (χ1) is 9.19. The molecule has 0 amide bonds. The third-order valence-corrected chi connectivity index (χ3v) is 3.08. The predicted octanol–water partition coefficient (Wildman–Crippen LogP) is 2.58.